The van der Waals surface area contributed by atoms with Crippen molar-refractivity contribution in [3.8, 4) is 11.8 Å². The Kier molecular flexibility index (Phi) is 3.62. The number of hydrogen-bond acceptors (Lipinski definition) is 4. The molecule has 1 aromatic heterocycles. The molecule has 1 heterocycles. The van der Waals surface area contributed by atoms with Gasteiger partial charge < -0.3 is 5.32 Å². The lowest BCUT2D eigenvalue weighted by Gasteiger charge is -2.07. The van der Waals surface area contributed by atoms with Crippen molar-refractivity contribution >= 4 is 11.6 Å². The van der Waals surface area contributed by atoms with E-state index in [1.54, 1.807) is 47.4 Å². The van der Waals surface area contributed by atoms with Crippen LogP contribution in [0, 0.1) is 11.3 Å². The average molecular weight is 289 g/mol. The van der Waals surface area contributed by atoms with E-state index in [0.29, 0.717) is 16.8 Å². The van der Waals surface area contributed by atoms with Crippen LogP contribution in [0.1, 0.15) is 15.9 Å². The second kappa shape index (κ2) is 5.89. The van der Waals surface area contributed by atoms with Crippen LogP contribution in [0.15, 0.2) is 61.2 Å². The Morgan fingerprint density at radius 1 is 1.18 bits per heavy atom. The van der Waals surface area contributed by atoms with Crippen LogP contribution in [0.5, 0.6) is 0 Å². The van der Waals surface area contributed by atoms with Crippen molar-refractivity contribution in [2.24, 2.45) is 0 Å². The van der Waals surface area contributed by atoms with Gasteiger partial charge in [0.05, 0.1) is 17.3 Å². The minimum absolute atomic E-state index is 0.259. The summed E-state index contributed by atoms with van der Waals surface area (Å²) in [5.74, 6) is -0.259. The van der Waals surface area contributed by atoms with Gasteiger partial charge in [-0.25, -0.2) is 9.67 Å². The summed E-state index contributed by atoms with van der Waals surface area (Å²) in [7, 11) is 0. The molecular formula is C16H11N5O. The molecule has 0 spiro atoms. The number of hydrogen-bond donors (Lipinski definition) is 1. The van der Waals surface area contributed by atoms with Crippen molar-refractivity contribution in [2.75, 3.05) is 5.32 Å². The molecule has 0 aliphatic carbocycles. The molecule has 1 N–H and O–H groups in total. The molecule has 0 radical (unpaired) electrons. The quantitative estimate of drug-likeness (QED) is 0.802. The fraction of sp³-hybridized carbons (Fsp3) is 0. The summed E-state index contributed by atoms with van der Waals surface area (Å²) in [6.07, 6.45) is 3.05. The van der Waals surface area contributed by atoms with Gasteiger partial charge in [0.15, 0.2) is 0 Å². The summed E-state index contributed by atoms with van der Waals surface area (Å²) < 4.78 is 1.63. The fourth-order valence-electron chi connectivity index (χ4n) is 1.97. The van der Waals surface area contributed by atoms with Crippen molar-refractivity contribution in [1.82, 2.24) is 14.8 Å². The van der Waals surface area contributed by atoms with Gasteiger partial charge in [-0.05, 0) is 42.5 Å². The predicted octanol–water partition coefficient (Wildman–Crippen LogP) is 2.39. The molecule has 2 aromatic carbocycles. The summed E-state index contributed by atoms with van der Waals surface area (Å²) in [5, 5.41) is 15.7. The summed E-state index contributed by atoms with van der Waals surface area (Å²) in [6, 6.07) is 15.8. The molecule has 0 aliphatic heterocycles. The molecule has 6 nitrogen and oxygen atoms in total. The van der Waals surface area contributed by atoms with E-state index in [9.17, 15) is 4.79 Å². The van der Waals surface area contributed by atoms with Gasteiger partial charge >= 0.3 is 0 Å². The van der Waals surface area contributed by atoms with Gasteiger partial charge in [-0.2, -0.15) is 10.4 Å². The maximum Gasteiger partial charge on any atom is 0.255 e. The molecule has 3 rings (SSSR count). The number of nitriles is 1. The smallest absolute Gasteiger partial charge is 0.255 e. The lowest BCUT2D eigenvalue weighted by molar-refractivity contribution is 0.102. The van der Waals surface area contributed by atoms with Crippen molar-refractivity contribution in [3.63, 3.8) is 0 Å². The van der Waals surface area contributed by atoms with Crippen LogP contribution in [-0.2, 0) is 0 Å². The van der Waals surface area contributed by atoms with Crippen molar-refractivity contribution < 1.29 is 4.79 Å². The zero-order valence-electron chi connectivity index (χ0n) is 11.5. The Bertz CT molecular complexity index is 832. The third-order valence-corrected chi connectivity index (χ3v) is 3.06. The van der Waals surface area contributed by atoms with Crippen molar-refractivity contribution in [1.29, 1.82) is 5.26 Å². The highest BCUT2D eigenvalue weighted by molar-refractivity contribution is 6.04. The van der Waals surface area contributed by atoms with Crippen LogP contribution in [0.2, 0.25) is 0 Å². The summed E-state index contributed by atoms with van der Waals surface area (Å²) in [6.45, 7) is 0. The van der Waals surface area contributed by atoms with Crippen LogP contribution >= 0.6 is 0 Å². The molecule has 0 fully saturated rings. The number of nitrogens with one attached hydrogen (secondary N) is 1. The largest absolute Gasteiger partial charge is 0.322 e. The SMILES string of the molecule is N#Cc1cccc(C(=O)Nc2ccc(-n3cncn3)cc2)c1. The number of nitrogens with zero attached hydrogens (tertiary/aromatic N) is 4. The van der Waals surface area contributed by atoms with E-state index in [1.807, 2.05) is 18.2 Å². The number of amides is 1. The van der Waals surface area contributed by atoms with E-state index in [4.69, 9.17) is 5.26 Å². The molecule has 0 saturated heterocycles. The average Bonchev–Trinajstić information content (AvgIpc) is 3.10. The Balaban J connectivity index is 1.75. The first-order chi connectivity index (χ1) is 10.8. The van der Waals surface area contributed by atoms with Gasteiger partial charge in [-0.3, -0.25) is 4.79 Å². The standard InChI is InChI=1S/C16H11N5O/c17-9-12-2-1-3-13(8-12)16(22)20-14-4-6-15(7-5-14)21-11-18-10-19-21/h1-8,10-11H,(H,20,22). The van der Waals surface area contributed by atoms with E-state index >= 15 is 0 Å². The van der Waals surface area contributed by atoms with Crippen LogP contribution in [0.25, 0.3) is 5.69 Å². The number of rotatable bonds is 3. The van der Waals surface area contributed by atoms with E-state index in [1.165, 1.54) is 6.33 Å². The number of anilines is 1. The molecule has 6 heteroatoms. The molecule has 3 aromatic rings. The molecule has 0 bridgehead atoms. The highest BCUT2D eigenvalue weighted by atomic mass is 16.1. The highest BCUT2D eigenvalue weighted by Gasteiger charge is 2.07. The van der Waals surface area contributed by atoms with Gasteiger partial charge in [-0.15, -0.1) is 0 Å². The van der Waals surface area contributed by atoms with Crippen LogP contribution in [0.4, 0.5) is 5.69 Å². The first-order valence-corrected chi connectivity index (χ1v) is 6.53. The molecule has 0 atom stereocenters. The van der Waals surface area contributed by atoms with Gasteiger partial charge in [0.25, 0.3) is 5.91 Å². The van der Waals surface area contributed by atoms with Crippen molar-refractivity contribution in [3.05, 3.63) is 72.3 Å². The van der Waals surface area contributed by atoms with E-state index < -0.39 is 0 Å². The third-order valence-electron chi connectivity index (χ3n) is 3.06. The Labute approximate surface area is 126 Å². The van der Waals surface area contributed by atoms with E-state index in [0.717, 1.165) is 5.69 Å². The van der Waals surface area contributed by atoms with Crippen LogP contribution < -0.4 is 5.32 Å². The normalized spacial score (nSPS) is 9.95. The number of carbonyl (C=O) groups is 1. The topological polar surface area (TPSA) is 83.6 Å². The maximum absolute atomic E-state index is 12.1. The molecule has 0 saturated carbocycles. The minimum Gasteiger partial charge on any atom is -0.322 e. The molecule has 106 valence electrons. The minimum atomic E-state index is -0.259. The zero-order chi connectivity index (χ0) is 15.4. The lowest BCUT2D eigenvalue weighted by Crippen LogP contribution is -2.12. The second-order valence-electron chi connectivity index (χ2n) is 4.53. The van der Waals surface area contributed by atoms with Crippen molar-refractivity contribution in [2.45, 2.75) is 0 Å². The van der Waals surface area contributed by atoms with E-state index in [-0.39, 0.29) is 5.91 Å². The van der Waals surface area contributed by atoms with Crippen LogP contribution in [0.3, 0.4) is 0 Å². The van der Waals surface area contributed by atoms with Gasteiger partial charge in [0, 0.05) is 11.3 Å². The van der Waals surface area contributed by atoms with Crippen LogP contribution in [-0.4, -0.2) is 20.7 Å². The Morgan fingerprint density at radius 2 is 2.00 bits per heavy atom. The first kappa shape index (κ1) is 13.5. The van der Waals surface area contributed by atoms with Gasteiger partial charge in [0.1, 0.15) is 12.7 Å². The summed E-state index contributed by atoms with van der Waals surface area (Å²) in [5.41, 5.74) is 2.41. The maximum atomic E-state index is 12.1. The molecule has 0 unspecified atom stereocenters. The number of benzene rings is 2. The van der Waals surface area contributed by atoms with E-state index in [2.05, 4.69) is 15.4 Å². The third kappa shape index (κ3) is 2.83. The van der Waals surface area contributed by atoms with Gasteiger partial charge in [-0.1, -0.05) is 6.07 Å². The lowest BCUT2D eigenvalue weighted by atomic mass is 10.1. The Hall–Kier alpha value is -3.46. The van der Waals surface area contributed by atoms with Gasteiger partial charge in [0.2, 0.25) is 0 Å². The second-order valence-corrected chi connectivity index (χ2v) is 4.53. The molecule has 0 aliphatic rings. The Morgan fingerprint density at radius 3 is 2.68 bits per heavy atom. The molecule has 1 amide bonds. The summed E-state index contributed by atoms with van der Waals surface area (Å²) >= 11 is 0. The zero-order valence-corrected chi connectivity index (χ0v) is 11.5. The number of aromatic nitrogens is 3. The molecule has 22 heavy (non-hydrogen) atoms. The first-order valence-electron chi connectivity index (χ1n) is 6.53. The predicted molar refractivity (Wildman–Crippen MR) is 80.5 cm³/mol. The molecular weight excluding hydrogens is 278 g/mol. The highest BCUT2D eigenvalue weighted by Crippen LogP contribution is 2.14. The monoisotopic (exact) mass is 289 g/mol. The fourth-order valence-corrected chi connectivity index (χ4v) is 1.97. The summed E-state index contributed by atoms with van der Waals surface area (Å²) in [4.78, 5) is 16.0. The number of carbonyl (C=O) groups excluding carboxylic acids is 1.